The normalized spacial score (nSPS) is 24.6. The predicted octanol–water partition coefficient (Wildman–Crippen LogP) is 3.73. The molecule has 1 fully saturated rings. The second-order valence-corrected chi connectivity index (χ2v) is 5.67. The van der Waals surface area contributed by atoms with Gasteiger partial charge < -0.3 is 14.2 Å². The topological polar surface area (TPSA) is 44.8 Å². The lowest BCUT2D eigenvalue weighted by Crippen LogP contribution is -2.27. The molecule has 2 aromatic carbocycles. The molecule has 0 radical (unpaired) electrons. The van der Waals surface area contributed by atoms with Crippen LogP contribution in [-0.4, -0.2) is 18.2 Å². The molecule has 2 aromatic rings. The largest absolute Gasteiger partial charge is 0.457 e. The summed E-state index contributed by atoms with van der Waals surface area (Å²) < 4.78 is 16.8. The maximum Gasteiger partial charge on any atom is 0.317 e. The van der Waals surface area contributed by atoms with Crippen LogP contribution in [-0.2, 0) is 9.53 Å². The minimum absolute atomic E-state index is 0.0687. The van der Waals surface area contributed by atoms with Crippen LogP contribution in [0.3, 0.4) is 0 Å². The first-order chi connectivity index (χ1) is 11.3. The second-order valence-electron chi connectivity index (χ2n) is 5.67. The minimum atomic E-state index is -0.237. The number of benzene rings is 2. The molecule has 4 heteroatoms. The quantitative estimate of drug-likeness (QED) is 0.490. The van der Waals surface area contributed by atoms with Crippen LogP contribution in [0.4, 0.5) is 0 Å². The SMILES string of the molecule is O=C(Oc1ccc(Oc2ccccc2)cc1)C1CC2C=CC1O2. The lowest BCUT2D eigenvalue weighted by molar-refractivity contribution is -0.139. The average Bonchev–Trinajstić information content (AvgIpc) is 3.21. The van der Waals surface area contributed by atoms with Crippen molar-refractivity contribution in [1.29, 1.82) is 0 Å². The van der Waals surface area contributed by atoms with Gasteiger partial charge in [0.05, 0.1) is 18.1 Å². The van der Waals surface area contributed by atoms with Crippen molar-refractivity contribution in [3.05, 3.63) is 66.7 Å². The van der Waals surface area contributed by atoms with Gasteiger partial charge in [0.15, 0.2) is 0 Å². The van der Waals surface area contributed by atoms with Gasteiger partial charge in [-0.1, -0.05) is 30.4 Å². The van der Waals surface area contributed by atoms with Crippen molar-refractivity contribution in [3.8, 4) is 17.2 Å². The Balaban J connectivity index is 1.38. The third-order valence-electron chi connectivity index (χ3n) is 4.05. The first-order valence-electron chi connectivity index (χ1n) is 7.66. The van der Waals surface area contributed by atoms with Crippen LogP contribution in [0.15, 0.2) is 66.7 Å². The molecule has 3 unspecified atom stereocenters. The molecule has 0 spiro atoms. The Morgan fingerprint density at radius 1 is 0.913 bits per heavy atom. The first kappa shape index (κ1) is 14.0. The Kier molecular flexibility index (Phi) is 3.60. The predicted molar refractivity (Wildman–Crippen MR) is 84.5 cm³/mol. The number of carbonyl (C=O) groups excluding carboxylic acids is 1. The van der Waals surface area contributed by atoms with E-state index in [1.165, 1.54) is 0 Å². The Hall–Kier alpha value is -2.59. The van der Waals surface area contributed by atoms with E-state index in [-0.39, 0.29) is 24.1 Å². The number of ether oxygens (including phenoxy) is 3. The molecule has 0 amide bonds. The van der Waals surface area contributed by atoms with E-state index in [2.05, 4.69) is 0 Å². The second kappa shape index (κ2) is 5.89. The van der Waals surface area contributed by atoms with Gasteiger partial charge in [-0.15, -0.1) is 0 Å². The van der Waals surface area contributed by atoms with Gasteiger partial charge in [-0.2, -0.15) is 0 Å². The van der Waals surface area contributed by atoms with E-state index in [0.717, 1.165) is 5.75 Å². The van der Waals surface area contributed by atoms with Gasteiger partial charge >= 0.3 is 5.97 Å². The fourth-order valence-corrected chi connectivity index (χ4v) is 2.90. The van der Waals surface area contributed by atoms with E-state index >= 15 is 0 Å². The molecule has 4 nitrogen and oxygen atoms in total. The summed E-state index contributed by atoms with van der Waals surface area (Å²) in [5, 5.41) is 0. The summed E-state index contributed by atoms with van der Waals surface area (Å²) in [6.45, 7) is 0. The number of carbonyl (C=O) groups is 1. The summed E-state index contributed by atoms with van der Waals surface area (Å²) in [4.78, 5) is 12.2. The number of hydrogen-bond donors (Lipinski definition) is 0. The molecule has 116 valence electrons. The van der Waals surface area contributed by atoms with Gasteiger partial charge in [0, 0.05) is 0 Å². The molecular formula is C19H16O4. The highest BCUT2D eigenvalue weighted by Gasteiger charge is 2.42. The van der Waals surface area contributed by atoms with Crippen LogP contribution in [0.5, 0.6) is 17.2 Å². The Morgan fingerprint density at radius 2 is 1.61 bits per heavy atom. The van der Waals surface area contributed by atoms with E-state index in [1.807, 2.05) is 42.5 Å². The lowest BCUT2D eigenvalue weighted by atomic mass is 9.94. The lowest BCUT2D eigenvalue weighted by Gasteiger charge is -2.14. The van der Waals surface area contributed by atoms with Gasteiger partial charge in [-0.3, -0.25) is 4.79 Å². The number of fused-ring (bicyclic) bond motifs is 2. The summed E-state index contributed by atoms with van der Waals surface area (Å²) in [6.07, 6.45) is 4.59. The Morgan fingerprint density at radius 3 is 2.26 bits per heavy atom. The van der Waals surface area contributed by atoms with Crippen molar-refractivity contribution in [1.82, 2.24) is 0 Å². The van der Waals surface area contributed by atoms with Crippen molar-refractivity contribution in [2.75, 3.05) is 0 Å². The van der Waals surface area contributed by atoms with E-state index in [1.54, 1.807) is 24.3 Å². The zero-order valence-electron chi connectivity index (χ0n) is 12.4. The van der Waals surface area contributed by atoms with Gasteiger partial charge in [-0.05, 0) is 42.8 Å². The fraction of sp³-hybridized carbons (Fsp3) is 0.211. The van der Waals surface area contributed by atoms with Crippen LogP contribution in [0, 0.1) is 5.92 Å². The summed E-state index contributed by atoms with van der Waals surface area (Å²) in [6, 6.07) is 16.6. The highest BCUT2D eigenvalue weighted by Crippen LogP contribution is 2.34. The Labute approximate surface area is 134 Å². The molecule has 2 bridgehead atoms. The highest BCUT2D eigenvalue weighted by atomic mass is 16.5. The number of hydrogen-bond acceptors (Lipinski definition) is 4. The van der Waals surface area contributed by atoms with Crippen molar-refractivity contribution < 1.29 is 19.0 Å². The van der Waals surface area contributed by atoms with E-state index in [9.17, 15) is 4.79 Å². The maximum absolute atomic E-state index is 12.2. The maximum atomic E-state index is 12.2. The molecule has 3 atom stereocenters. The Bertz CT molecular complexity index is 721. The standard InChI is InChI=1S/C19H16O4/c20-19(17-12-16-10-11-18(17)22-16)23-15-8-6-14(7-9-15)21-13-4-2-1-3-5-13/h1-11,16-18H,12H2. The molecule has 1 saturated heterocycles. The molecule has 2 heterocycles. The molecule has 23 heavy (non-hydrogen) atoms. The summed E-state index contributed by atoms with van der Waals surface area (Å²) >= 11 is 0. The molecule has 4 rings (SSSR count). The molecule has 0 aliphatic carbocycles. The number of para-hydroxylation sites is 1. The van der Waals surface area contributed by atoms with Gasteiger partial charge in [-0.25, -0.2) is 0 Å². The van der Waals surface area contributed by atoms with Crippen molar-refractivity contribution in [2.24, 2.45) is 5.92 Å². The third kappa shape index (κ3) is 2.98. The van der Waals surface area contributed by atoms with E-state index in [4.69, 9.17) is 14.2 Å². The van der Waals surface area contributed by atoms with Crippen LogP contribution in [0.25, 0.3) is 0 Å². The van der Waals surface area contributed by atoms with Crippen molar-refractivity contribution in [3.63, 3.8) is 0 Å². The smallest absolute Gasteiger partial charge is 0.317 e. The average molecular weight is 308 g/mol. The molecule has 2 aliphatic rings. The van der Waals surface area contributed by atoms with Crippen molar-refractivity contribution in [2.45, 2.75) is 18.6 Å². The number of esters is 1. The van der Waals surface area contributed by atoms with E-state index < -0.39 is 0 Å². The van der Waals surface area contributed by atoms with E-state index in [0.29, 0.717) is 17.9 Å². The van der Waals surface area contributed by atoms with Crippen LogP contribution in [0.2, 0.25) is 0 Å². The van der Waals surface area contributed by atoms with Gasteiger partial charge in [0.2, 0.25) is 0 Å². The summed E-state index contributed by atoms with van der Waals surface area (Å²) in [7, 11) is 0. The molecule has 0 saturated carbocycles. The summed E-state index contributed by atoms with van der Waals surface area (Å²) in [5.74, 6) is 1.54. The number of rotatable bonds is 4. The third-order valence-corrected chi connectivity index (χ3v) is 4.05. The highest BCUT2D eigenvalue weighted by molar-refractivity contribution is 5.77. The minimum Gasteiger partial charge on any atom is -0.457 e. The summed E-state index contributed by atoms with van der Waals surface area (Å²) in [5.41, 5.74) is 0. The fourth-order valence-electron chi connectivity index (χ4n) is 2.90. The molecule has 0 aromatic heterocycles. The van der Waals surface area contributed by atoms with Crippen molar-refractivity contribution >= 4 is 5.97 Å². The monoisotopic (exact) mass is 308 g/mol. The first-order valence-corrected chi connectivity index (χ1v) is 7.66. The molecule has 2 aliphatic heterocycles. The molecule has 0 N–H and O–H groups in total. The van der Waals surface area contributed by atoms with Crippen LogP contribution < -0.4 is 9.47 Å². The van der Waals surface area contributed by atoms with Gasteiger partial charge in [0.25, 0.3) is 0 Å². The van der Waals surface area contributed by atoms with Crippen LogP contribution >= 0.6 is 0 Å². The zero-order chi connectivity index (χ0) is 15.6. The van der Waals surface area contributed by atoms with Crippen LogP contribution in [0.1, 0.15) is 6.42 Å². The molecular weight excluding hydrogens is 292 g/mol. The van der Waals surface area contributed by atoms with Gasteiger partial charge in [0.1, 0.15) is 17.2 Å². The zero-order valence-corrected chi connectivity index (χ0v) is 12.4.